The second kappa shape index (κ2) is 12.5. The molecule has 2 aliphatic carbocycles. The topological polar surface area (TPSA) is 71.1 Å². The molecule has 0 aromatic carbocycles. The molecule has 0 N–H and O–H groups in total. The average Bonchev–Trinajstić information content (AvgIpc) is 3.65. The zero-order valence-electron chi connectivity index (χ0n) is 22.2. The van der Waals surface area contributed by atoms with Crippen LogP contribution < -0.4 is 0 Å². The molecular formula is C29H39FO6. The van der Waals surface area contributed by atoms with Gasteiger partial charge in [-0.05, 0) is 73.7 Å². The van der Waals surface area contributed by atoms with Crippen molar-refractivity contribution in [2.24, 2.45) is 17.8 Å². The van der Waals surface area contributed by atoms with E-state index in [-0.39, 0.29) is 48.6 Å². The summed E-state index contributed by atoms with van der Waals surface area (Å²) in [6, 6.07) is 0. The van der Waals surface area contributed by atoms with Crippen LogP contribution in [0.15, 0.2) is 58.4 Å². The third-order valence-corrected chi connectivity index (χ3v) is 6.87. The largest absolute Gasteiger partial charge is 0.490 e. The molecule has 36 heavy (non-hydrogen) atoms. The lowest BCUT2D eigenvalue weighted by Crippen LogP contribution is -2.32. The zero-order chi connectivity index (χ0) is 26.4. The molecule has 1 saturated carbocycles. The van der Waals surface area contributed by atoms with Crippen LogP contribution in [0, 0.1) is 17.8 Å². The minimum atomic E-state index is -0.677. The van der Waals surface area contributed by atoms with Crippen molar-refractivity contribution in [3.63, 3.8) is 0 Å². The maximum absolute atomic E-state index is 14.3. The molecule has 0 bridgehead atoms. The number of esters is 1. The van der Waals surface area contributed by atoms with Crippen LogP contribution >= 0.6 is 0 Å². The highest BCUT2D eigenvalue weighted by Gasteiger charge is 2.41. The first-order valence-electron chi connectivity index (χ1n) is 12.9. The molecule has 1 fully saturated rings. The summed E-state index contributed by atoms with van der Waals surface area (Å²) < 4.78 is 36.7. The fourth-order valence-corrected chi connectivity index (χ4v) is 4.94. The van der Waals surface area contributed by atoms with Gasteiger partial charge >= 0.3 is 5.97 Å². The summed E-state index contributed by atoms with van der Waals surface area (Å²) in [4.78, 5) is 25.7. The molecule has 3 aliphatic rings. The lowest BCUT2D eigenvalue weighted by atomic mass is 9.75. The summed E-state index contributed by atoms with van der Waals surface area (Å²) in [5, 5.41) is 0. The van der Waals surface area contributed by atoms with E-state index < -0.39 is 17.9 Å². The number of ketones is 1. The minimum Gasteiger partial charge on any atom is -0.490 e. The van der Waals surface area contributed by atoms with Crippen LogP contribution in [0.25, 0.3) is 0 Å². The summed E-state index contributed by atoms with van der Waals surface area (Å²) in [6.07, 6.45) is 6.59. The lowest BCUT2D eigenvalue weighted by Gasteiger charge is -2.37. The highest BCUT2D eigenvalue weighted by Crippen LogP contribution is 2.50. The van der Waals surface area contributed by atoms with Crippen molar-refractivity contribution >= 4 is 11.8 Å². The molecular weight excluding hydrogens is 463 g/mol. The Bertz CT molecular complexity index is 995. The van der Waals surface area contributed by atoms with E-state index in [0.29, 0.717) is 31.1 Å². The van der Waals surface area contributed by atoms with Gasteiger partial charge in [0.1, 0.15) is 17.4 Å². The fraction of sp³-hybridized carbons (Fsp3) is 0.586. The van der Waals surface area contributed by atoms with E-state index >= 15 is 0 Å². The van der Waals surface area contributed by atoms with Gasteiger partial charge < -0.3 is 18.9 Å². The third-order valence-electron chi connectivity index (χ3n) is 6.87. The Kier molecular flexibility index (Phi) is 9.71. The monoisotopic (exact) mass is 502 g/mol. The number of rotatable bonds is 11. The Morgan fingerprint density at radius 1 is 1.25 bits per heavy atom. The van der Waals surface area contributed by atoms with E-state index in [1.807, 2.05) is 20.8 Å². The molecule has 0 spiro atoms. The van der Waals surface area contributed by atoms with Crippen LogP contribution in [0.4, 0.5) is 4.39 Å². The Balaban J connectivity index is 2.15. The summed E-state index contributed by atoms with van der Waals surface area (Å²) >= 11 is 0. The standard InChI is InChI=1S/C29H39FO6/c1-7-34-29(32)22-15-23-27(21(20-9-10-20)11-12-24(22)31)18(4)25(36-28(23)17(2)3)16-26(19(5)30)35-14-8-13-33-6/h15-17,20-21,28H,5,7-14H2,1-4,6H3/b22-15+,26-16+. The van der Waals surface area contributed by atoms with Crippen LogP contribution in [0.2, 0.25) is 0 Å². The van der Waals surface area contributed by atoms with Gasteiger partial charge in [0.05, 0.1) is 13.2 Å². The number of hydrogen-bond donors (Lipinski definition) is 0. The van der Waals surface area contributed by atoms with Crippen LogP contribution in [0.1, 0.15) is 59.8 Å². The smallest absolute Gasteiger partial charge is 0.341 e. The summed E-state index contributed by atoms with van der Waals surface area (Å²) in [7, 11) is 1.60. The molecule has 0 aromatic heterocycles. The number of carbonyl (C=O) groups excluding carboxylic acids is 2. The Labute approximate surface area is 213 Å². The predicted octanol–water partition coefficient (Wildman–Crippen LogP) is 5.91. The summed E-state index contributed by atoms with van der Waals surface area (Å²) in [5.41, 5.74) is 2.87. The predicted molar refractivity (Wildman–Crippen MR) is 135 cm³/mol. The third kappa shape index (κ3) is 6.55. The van der Waals surface area contributed by atoms with Crippen LogP contribution in [-0.4, -0.2) is 44.8 Å². The first kappa shape index (κ1) is 27.9. The molecule has 198 valence electrons. The molecule has 0 amide bonds. The van der Waals surface area contributed by atoms with E-state index in [4.69, 9.17) is 18.9 Å². The van der Waals surface area contributed by atoms with E-state index in [9.17, 15) is 14.0 Å². The van der Waals surface area contributed by atoms with Gasteiger partial charge in [-0.2, -0.15) is 0 Å². The van der Waals surface area contributed by atoms with Crippen molar-refractivity contribution in [2.75, 3.05) is 26.9 Å². The van der Waals surface area contributed by atoms with Gasteiger partial charge in [-0.3, -0.25) is 4.79 Å². The minimum absolute atomic E-state index is 0.0266. The van der Waals surface area contributed by atoms with Gasteiger partial charge in [-0.1, -0.05) is 20.4 Å². The number of Topliss-reactive ketones (excluding diaryl/α,β-unsaturated/α-hetero) is 1. The first-order chi connectivity index (χ1) is 17.2. The van der Waals surface area contributed by atoms with Gasteiger partial charge in [0.25, 0.3) is 0 Å². The Morgan fingerprint density at radius 3 is 2.56 bits per heavy atom. The van der Waals surface area contributed by atoms with Gasteiger partial charge in [0, 0.05) is 32.6 Å². The number of methoxy groups -OCH3 is 1. The maximum atomic E-state index is 14.3. The van der Waals surface area contributed by atoms with Crippen LogP contribution in [0.3, 0.4) is 0 Å². The van der Waals surface area contributed by atoms with E-state index in [0.717, 1.165) is 29.6 Å². The number of hydrogen-bond acceptors (Lipinski definition) is 6. The molecule has 1 heterocycles. The SMILES string of the molecule is C=C(F)/C(=C\C1=C(C)C2=C(/C=C(/C(=O)OCC)C(=O)CCC2C2CC2)C(C(C)C)O1)OCCCOC. The highest BCUT2D eigenvalue weighted by atomic mass is 19.1. The molecule has 0 aromatic rings. The molecule has 2 unspecified atom stereocenters. The van der Waals surface area contributed by atoms with Crippen LogP contribution in [-0.2, 0) is 28.5 Å². The van der Waals surface area contributed by atoms with E-state index in [1.165, 1.54) is 0 Å². The molecule has 7 heteroatoms. The van der Waals surface area contributed by atoms with Crippen molar-refractivity contribution in [1.29, 1.82) is 0 Å². The van der Waals surface area contributed by atoms with Crippen LogP contribution in [0.5, 0.6) is 0 Å². The normalized spacial score (nSPS) is 24.5. The molecule has 2 atom stereocenters. The second-order valence-corrected chi connectivity index (χ2v) is 9.93. The van der Waals surface area contributed by atoms with E-state index in [1.54, 1.807) is 26.2 Å². The Hall–Kier alpha value is -2.67. The molecule has 1 aliphatic heterocycles. The molecule has 0 saturated heterocycles. The summed E-state index contributed by atoms with van der Waals surface area (Å²) in [6.45, 7) is 12.2. The van der Waals surface area contributed by atoms with Crippen molar-refractivity contribution in [3.05, 3.63) is 58.4 Å². The van der Waals surface area contributed by atoms with Crippen molar-refractivity contribution in [3.8, 4) is 0 Å². The van der Waals surface area contributed by atoms with Gasteiger partial charge in [-0.25, -0.2) is 9.18 Å². The van der Waals surface area contributed by atoms with Gasteiger partial charge in [-0.15, -0.1) is 0 Å². The number of allylic oxidation sites excluding steroid dienone is 4. The quantitative estimate of drug-likeness (QED) is 0.115. The zero-order valence-corrected chi connectivity index (χ0v) is 22.2. The van der Waals surface area contributed by atoms with Gasteiger partial charge in [0.15, 0.2) is 17.4 Å². The van der Waals surface area contributed by atoms with Crippen molar-refractivity contribution < 1.29 is 32.9 Å². The first-order valence-corrected chi connectivity index (χ1v) is 12.9. The van der Waals surface area contributed by atoms with Crippen molar-refractivity contribution in [2.45, 2.75) is 65.9 Å². The van der Waals surface area contributed by atoms with Gasteiger partial charge in [0.2, 0.25) is 0 Å². The molecule has 3 rings (SSSR count). The molecule has 6 nitrogen and oxygen atoms in total. The molecule has 0 radical (unpaired) electrons. The Morgan fingerprint density at radius 2 is 1.97 bits per heavy atom. The highest BCUT2D eigenvalue weighted by molar-refractivity contribution is 6.17. The van der Waals surface area contributed by atoms with Crippen molar-refractivity contribution in [1.82, 2.24) is 0 Å². The maximum Gasteiger partial charge on any atom is 0.341 e. The number of halogens is 1. The van der Waals surface area contributed by atoms with E-state index in [2.05, 4.69) is 6.58 Å². The summed E-state index contributed by atoms with van der Waals surface area (Å²) in [5.74, 6) is -0.251. The number of ether oxygens (including phenoxy) is 4. The number of carbonyl (C=O) groups is 2. The second-order valence-electron chi connectivity index (χ2n) is 9.93. The average molecular weight is 503 g/mol. The lowest BCUT2D eigenvalue weighted by molar-refractivity contribution is -0.140. The fourth-order valence-electron chi connectivity index (χ4n) is 4.94.